The van der Waals surface area contributed by atoms with Gasteiger partial charge in [0.05, 0.1) is 12.2 Å². The molecule has 1 atom stereocenters. The number of rotatable bonds is 6. The standard InChI is InChI=1S/C22H28N2O3/c1-15(2)19(17-12-23-21(24-13-17)22(3,4)5)20(25)27-18(14-26-6)16-10-8-7-9-11-16/h7-13,18H,14H2,1-6H3. The Morgan fingerprint density at radius 2 is 1.67 bits per heavy atom. The number of carbonyl (C=O) groups excluding carboxylic acids is 1. The zero-order valence-electron chi connectivity index (χ0n) is 16.9. The third-order valence-corrected chi connectivity index (χ3v) is 4.05. The van der Waals surface area contributed by atoms with Crippen molar-refractivity contribution in [2.24, 2.45) is 0 Å². The molecule has 1 heterocycles. The molecule has 27 heavy (non-hydrogen) atoms. The maximum atomic E-state index is 12.9. The van der Waals surface area contributed by atoms with Crippen molar-refractivity contribution in [1.29, 1.82) is 0 Å². The number of allylic oxidation sites excluding steroid dienone is 1. The van der Waals surface area contributed by atoms with Crippen LogP contribution in [-0.4, -0.2) is 29.7 Å². The molecule has 0 aliphatic heterocycles. The number of ether oxygens (including phenoxy) is 2. The Hall–Kier alpha value is -2.53. The van der Waals surface area contributed by atoms with Crippen molar-refractivity contribution >= 4 is 11.5 Å². The lowest BCUT2D eigenvalue weighted by Crippen LogP contribution is -2.19. The van der Waals surface area contributed by atoms with Crippen LogP contribution in [0.5, 0.6) is 0 Å². The summed E-state index contributed by atoms with van der Waals surface area (Å²) >= 11 is 0. The molecule has 5 nitrogen and oxygen atoms in total. The van der Waals surface area contributed by atoms with Crippen molar-refractivity contribution in [1.82, 2.24) is 9.97 Å². The van der Waals surface area contributed by atoms with Gasteiger partial charge in [0.1, 0.15) is 5.82 Å². The van der Waals surface area contributed by atoms with Crippen molar-refractivity contribution in [3.05, 3.63) is 65.2 Å². The Kier molecular flexibility index (Phi) is 6.86. The molecule has 0 aliphatic carbocycles. The summed E-state index contributed by atoms with van der Waals surface area (Å²) in [6, 6.07) is 9.57. The first-order valence-electron chi connectivity index (χ1n) is 8.99. The molecule has 0 N–H and O–H groups in total. The van der Waals surface area contributed by atoms with Crippen molar-refractivity contribution in [3.8, 4) is 0 Å². The van der Waals surface area contributed by atoms with Gasteiger partial charge in [-0.1, -0.05) is 56.7 Å². The van der Waals surface area contributed by atoms with Crippen LogP contribution in [-0.2, 0) is 19.7 Å². The molecule has 0 aliphatic rings. The van der Waals surface area contributed by atoms with E-state index in [1.54, 1.807) is 19.5 Å². The number of hydrogen-bond donors (Lipinski definition) is 0. The third-order valence-electron chi connectivity index (χ3n) is 4.05. The van der Waals surface area contributed by atoms with Crippen LogP contribution in [0.4, 0.5) is 0 Å². The molecule has 0 fully saturated rings. The van der Waals surface area contributed by atoms with Crippen LogP contribution in [0.25, 0.3) is 5.57 Å². The minimum Gasteiger partial charge on any atom is -0.451 e. The van der Waals surface area contributed by atoms with Gasteiger partial charge in [0.15, 0.2) is 6.10 Å². The predicted molar refractivity (Wildman–Crippen MR) is 106 cm³/mol. The highest BCUT2D eigenvalue weighted by Crippen LogP contribution is 2.26. The average molecular weight is 368 g/mol. The fourth-order valence-electron chi connectivity index (χ4n) is 2.66. The first kappa shape index (κ1) is 20.8. The normalized spacial score (nSPS) is 12.4. The van der Waals surface area contributed by atoms with E-state index in [1.807, 2.05) is 65.0 Å². The summed E-state index contributed by atoms with van der Waals surface area (Å²) in [5, 5.41) is 0. The Morgan fingerprint density at radius 1 is 1.07 bits per heavy atom. The van der Waals surface area contributed by atoms with Gasteiger partial charge in [0, 0.05) is 30.5 Å². The molecule has 2 aromatic rings. The lowest BCUT2D eigenvalue weighted by atomic mass is 9.95. The molecule has 1 aromatic heterocycles. The summed E-state index contributed by atoms with van der Waals surface area (Å²) in [6.07, 6.45) is 2.89. The summed E-state index contributed by atoms with van der Waals surface area (Å²) in [7, 11) is 1.59. The highest BCUT2D eigenvalue weighted by molar-refractivity contribution is 6.17. The fourth-order valence-corrected chi connectivity index (χ4v) is 2.66. The summed E-state index contributed by atoms with van der Waals surface area (Å²) in [5.41, 5.74) is 2.71. The van der Waals surface area contributed by atoms with Gasteiger partial charge in [0.2, 0.25) is 0 Å². The van der Waals surface area contributed by atoms with Crippen LogP contribution >= 0.6 is 0 Å². The van der Waals surface area contributed by atoms with Gasteiger partial charge in [-0.15, -0.1) is 0 Å². The number of benzene rings is 1. The number of esters is 1. The van der Waals surface area contributed by atoms with E-state index in [2.05, 4.69) is 9.97 Å². The lowest BCUT2D eigenvalue weighted by Gasteiger charge is -2.20. The molecule has 0 spiro atoms. The van der Waals surface area contributed by atoms with E-state index in [9.17, 15) is 4.79 Å². The molecule has 2 rings (SSSR count). The zero-order valence-corrected chi connectivity index (χ0v) is 16.9. The lowest BCUT2D eigenvalue weighted by molar-refractivity contribution is -0.144. The molecule has 1 aromatic carbocycles. The van der Waals surface area contributed by atoms with Crippen LogP contribution in [0.3, 0.4) is 0 Å². The predicted octanol–water partition coefficient (Wildman–Crippen LogP) is 4.50. The Balaban J connectivity index is 2.28. The molecule has 0 saturated carbocycles. The molecule has 5 heteroatoms. The fraction of sp³-hybridized carbons (Fsp3) is 0.409. The van der Waals surface area contributed by atoms with Gasteiger partial charge < -0.3 is 9.47 Å². The molecular weight excluding hydrogens is 340 g/mol. The minimum atomic E-state index is -0.479. The highest BCUT2D eigenvalue weighted by Gasteiger charge is 2.23. The summed E-state index contributed by atoms with van der Waals surface area (Å²) in [5.74, 6) is 0.322. The molecule has 0 bridgehead atoms. The van der Waals surface area contributed by atoms with E-state index in [0.717, 1.165) is 17.0 Å². The average Bonchev–Trinajstić information content (AvgIpc) is 2.61. The second kappa shape index (κ2) is 8.91. The summed E-state index contributed by atoms with van der Waals surface area (Å²) in [6.45, 7) is 10.2. The zero-order chi connectivity index (χ0) is 20.0. The monoisotopic (exact) mass is 368 g/mol. The number of aromatic nitrogens is 2. The van der Waals surface area contributed by atoms with E-state index in [0.29, 0.717) is 11.1 Å². The summed E-state index contributed by atoms with van der Waals surface area (Å²) in [4.78, 5) is 21.8. The second-order valence-electron chi connectivity index (χ2n) is 7.68. The molecule has 144 valence electrons. The van der Waals surface area contributed by atoms with E-state index >= 15 is 0 Å². The van der Waals surface area contributed by atoms with E-state index in [-0.39, 0.29) is 12.0 Å². The second-order valence-corrected chi connectivity index (χ2v) is 7.68. The molecule has 0 saturated heterocycles. The smallest absolute Gasteiger partial charge is 0.339 e. The van der Waals surface area contributed by atoms with Gasteiger partial charge in [-0.2, -0.15) is 0 Å². The SMILES string of the molecule is COCC(OC(=O)C(=C(C)C)c1cnc(C(C)(C)C)nc1)c1ccccc1. The number of nitrogens with zero attached hydrogens (tertiary/aromatic N) is 2. The Morgan fingerprint density at radius 3 is 2.15 bits per heavy atom. The maximum absolute atomic E-state index is 12.9. The first-order chi connectivity index (χ1) is 12.7. The van der Waals surface area contributed by atoms with Crippen LogP contribution in [0.2, 0.25) is 0 Å². The molecule has 0 amide bonds. The minimum absolute atomic E-state index is 0.152. The Bertz CT molecular complexity index is 787. The van der Waals surface area contributed by atoms with Gasteiger partial charge >= 0.3 is 5.97 Å². The largest absolute Gasteiger partial charge is 0.451 e. The van der Waals surface area contributed by atoms with Crippen molar-refractivity contribution in [2.45, 2.75) is 46.1 Å². The maximum Gasteiger partial charge on any atom is 0.339 e. The van der Waals surface area contributed by atoms with Crippen molar-refractivity contribution in [2.75, 3.05) is 13.7 Å². The molecular formula is C22H28N2O3. The van der Waals surface area contributed by atoms with E-state index in [1.165, 1.54) is 0 Å². The number of carbonyl (C=O) groups is 1. The highest BCUT2D eigenvalue weighted by atomic mass is 16.6. The van der Waals surface area contributed by atoms with Crippen molar-refractivity contribution in [3.63, 3.8) is 0 Å². The van der Waals surface area contributed by atoms with Gasteiger partial charge in [-0.05, 0) is 19.4 Å². The number of methoxy groups -OCH3 is 1. The quantitative estimate of drug-likeness (QED) is 0.555. The number of hydrogen-bond acceptors (Lipinski definition) is 5. The van der Waals surface area contributed by atoms with Crippen LogP contribution in [0.15, 0.2) is 48.3 Å². The third kappa shape index (κ3) is 5.47. The molecule has 1 unspecified atom stereocenters. The van der Waals surface area contributed by atoms with Gasteiger partial charge in [0.25, 0.3) is 0 Å². The molecule has 0 radical (unpaired) electrons. The van der Waals surface area contributed by atoms with E-state index in [4.69, 9.17) is 9.47 Å². The topological polar surface area (TPSA) is 61.3 Å². The summed E-state index contributed by atoms with van der Waals surface area (Å²) < 4.78 is 11.0. The Labute approximate surface area is 161 Å². The van der Waals surface area contributed by atoms with Crippen LogP contribution < -0.4 is 0 Å². The van der Waals surface area contributed by atoms with Crippen LogP contribution in [0.1, 0.15) is 57.7 Å². The van der Waals surface area contributed by atoms with Crippen LogP contribution in [0, 0.1) is 0 Å². The van der Waals surface area contributed by atoms with Crippen molar-refractivity contribution < 1.29 is 14.3 Å². The van der Waals surface area contributed by atoms with Gasteiger partial charge in [-0.25, -0.2) is 14.8 Å². The van der Waals surface area contributed by atoms with E-state index < -0.39 is 12.1 Å². The van der Waals surface area contributed by atoms with Gasteiger partial charge in [-0.3, -0.25) is 0 Å². The first-order valence-corrected chi connectivity index (χ1v) is 8.99.